The van der Waals surface area contributed by atoms with Crippen LogP contribution in [0.15, 0.2) is 72.8 Å². The largest absolute Gasteiger partial charge is 0.490 e. The molecule has 5 rings (SSSR count). The van der Waals surface area contributed by atoms with Gasteiger partial charge in [-0.05, 0) is 78.8 Å². The summed E-state index contributed by atoms with van der Waals surface area (Å²) in [4.78, 5) is 60.8. The number of carboxylic acid groups (broad SMARTS) is 1. The van der Waals surface area contributed by atoms with E-state index in [0.29, 0.717) is 12.1 Å². The molecule has 0 heterocycles. The fourth-order valence-electron chi connectivity index (χ4n) is 6.46. The van der Waals surface area contributed by atoms with Gasteiger partial charge in [-0.3, -0.25) is 14.4 Å². The number of halogens is 3. The maximum absolute atomic E-state index is 13.3. The highest BCUT2D eigenvalue weighted by molar-refractivity contribution is 5.98. The zero-order chi connectivity index (χ0) is 40.3. The first-order chi connectivity index (χ1) is 26.0. The molecule has 2 aliphatic rings. The SMILES string of the molecule is CC(C)[C@H](NC(=O)OCC1c2ccccc2-c2ccccc21)C(=O)N[C@@H](C)C(=O)Nc1ccccc1CCC(=O)O[C@H]1CC[C@H](N)CC1.O=C(O)C(F)(F)F. The van der Waals surface area contributed by atoms with E-state index in [2.05, 4.69) is 28.1 Å². The summed E-state index contributed by atoms with van der Waals surface area (Å²) in [5, 5.41) is 15.4. The summed E-state index contributed by atoms with van der Waals surface area (Å²) < 4.78 is 43.0. The van der Waals surface area contributed by atoms with Crippen LogP contribution in [0.25, 0.3) is 11.1 Å². The van der Waals surface area contributed by atoms with E-state index in [1.54, 1.807) is 19.1 Å². The number of ether oxygens (including phenoxy) is 2. The number of alkyl carbamates (subject to hydrolysis) is 1. The second-order valence-electron chi connectivity index (χ2n) is 13.9. The van der Waals surface area contributed by atoms with Crippen LogP contribution >= 0.6 is 0 Å². The lowest BCUT2D eigenvalue weighted by molar-refractivity contribution is -0.192. The smallest absolute Gasteiger partial charge is 0.475 e. The Morgan fingerprint density at radius 1 is 0.818 bits per heavy atom. The minimum atomic E-state index is -5.08. The number of para-hydroxylation sites is 1. The second kappa shape index (κ2) is 19.2. The molecule has 1 saturated carbocycles. The lowest BCUT2D eigenvalue weighted by Crippen LogP contribution is -2.53. The van der Waals surface area contributed by atoms with Crippen LogP contribution in [0.4, 0.5) is 23.7 Å². The molecule has 15 heteroatoms. The van der Waals surface area contributed by atoms with Gasteiger partial charge in [0.15, 0.2) is 0 Å². The molecule has 3 aromatic rings. The zero-order valence-electron chi connectivity index (χ0n) is 30.9. The number of carbonyl (C=O) groups excluding carboxylic acids is 4. The lowest BCUT2D eigenvalue weighted by atomic mass is 9.94. The molecular weight excluding hydrogens is 721 g/mol. The second-order valence-corrected chi connectivity index (χ2v) is 13.9. The van der Waals surface area contributed by atoms with Gasteiger partial charge in [0.05, 0.1) is 0 Å². The normalized spacial score (nSPS) is 17.3. The number of esters is 1. The molecule has 0 saturated heterocycles. The summed E-state index contributed by atoms with van der Waals surface area (Å²) in [5.74, 6) is -4.34. The number of carbonyl (C=O) groups is 5. The molecule has 6 N–H and O–H groups in total. The third-order valence-corrected chi connectivity index (χ3v) is 9.45. The van der Waals surface area contributed by atoms with Crippen molar-refractivity contribution in [1.29, 1.82) is 0 Å². The molecule has 3 amide bonds. The van der Waals surface area contributed by atoms with Gasteiger partial charge in [-0.25, -0.2) is 9.59 Å². The van der Waals surface area contributed by atoms with Crippen LogP contribution in [-0.2, 0) is 35.1 Å². The number of nitrogens with two attached hydrogens (primary N) is 1. The van der Waals surface area contributed by atoms with Crippen LogP contribution in [0, 0.1) is 5.92 Å². The van der Waals surface area contributed by atoms with E-state index in [9.17, 15) is 32.3 Å². The number of fused-ring (bicyclic) bond motifs is 3. The van der Waals surface area contributed by atoms with Crippen molar-refractivity contribution in [3.8, 4) is 11.1 Å². The number of benzene rings is 3. The van der Waals surface area contributed by atoms with Crippen LogP contribution in [0.1, 0.15) is 75.5 Å². The number of nitrogens with one attached hydrogen (secondary N) is 3. The van der Waals surface area contributed by atoms with Crippen molar-refractivity contribution in [3.63, 3.8) is 0 Å². The highest BCUT2D eigenvalue weighted by atomic mass is 19.4. The van der Waals surface area contributed by atoms with Gasteiger partial charge in [0.2, 0.25) is 11.8 Å². The molecule has 0 aliphatic heterocycles. The molecule has 55 heavy (non-hydrogen) atoms. The van der Waals surface area contributed by atoms with E-state index in [1.165, 1.54) is 0 Å². The average Bonchev–Trinajstić information content (AvgIpc) is 3.46. The van der Waals surface area contributed by atoms with Crippen molar-refractivity contribution in [2.75, 3.05) is 11.9 Å². The molecule has 0 aromatic heterocycles. The quantitative estimate of drug-likeness (QED) is 0.136. The van der Waals surface area contributed by atoms with Crippen LogP contribution in [-0.4, -0.2) is 72.0 Å². The van der Waals surface area contributed by atoms with Crippen molar-refractivity contribution in [2.24, 2.45) is 11.7 Å². The van der Waals surface area contributed by atoms with Gasteiger partial charge in [0.1, 0.15) is 24.8 Å². The van der Waals surface area contributed by atoms with Crippen LogP contribution in [0.3, 0.4) is 0 Å². The van der Waals surface area contributed by atoms with Gasteiger partial charge >= 0.3 is 24.2 Å². The first kappa shape index (κ1) is 42.3. The van der Waals surface area contributed by atoms with E-state index in [-0.39, 0.29) is 43.0 Å². The zero-order valence-corrected chi connectivity index (χ0v) is 30.9. The molecular formula is C40H47F3N4O8. The molecule has 1 fully saturated rings. The minimum Gasteiger partial charge on any atom is -0.475 e. The first-order valence-electron chi connectivity index (χ1n) is 18.1. The van der Waals surface area contributed by atoms with Gasteiger partial charge in [-0.2, -0.15) is 13.2 Å². The number of carboxylic acids is 1. The van der Waals surface area contributed by atoms with E-state index in [1.807, 2.05) is 62.4 Å². The number of anilines is 1. The standard InChI is InChI=1S/C38H46N4O6.C2HF3O2/c1-23(2)35(42-38(46)47-22-32-30-13-7-5-11-28(30)29-12-6-8-14-31(29)32)37(45)40-24(3)36(44)41-33-15-9-4-10-25(33)16-21-34(43)48-27-19-17-26(39)18-20-27;3-2(4,5)1(6)7/h4-15,23-24,26-27,32,35H,16-22,39H2,1-3H3,(H,40,45)(H,41,44)(H,42,46);(H,6,7)/t24-,26-,27-,35-;/m0./s1. The molecule has 0 bridgehead atoms. The van der Waals surface area contributed by atoms with Gasteiger partial charge in [0.25, 0.3) is 0 Å². The molecule has 0 spiro atoms. The Balaban J connectivity index is 0.000000876. The van der Waals surface area contributed by atoms with Crippen LogP contribution in [0.5, 0.6) is 0 Å². The summed E-state index contributed by atoms with van der Waals surface area (Å²) in [6.07, 6.45) is -2.05. The third kappa shape index (κ3) is 12.0. The summed E-state index contributed by atoms with van der Waals surface area (Å²) in [6, 6.07) is 21.7. The minimum absolute atomic E-state index is 0.0926. The number of rotatable bonds is 12. The Labute approximate surface area is 317 Å². The summed E-state index contributed by atoms with van der Waals surface area (Å²) in [5.41, 5.74) is 11.7. The van der Waals surface area contributed by atoms with Crippen molar-refractivity contribution in [3.05, 3.63) is 89.5 Å². The molecule has 0 radical (unpaired) electrons. The van der Waals surface area contributed by atoms with Crippen LogP contribution in [0.2, 0.25) is 0 Å². The Kier molecular flexibility index (Phi) is 14.8. The van der Waals surface area contributed by atoms with Gasteiger partial charge in [-0.15, -0.1) is 0 Å². The molecule has 2 aliphatic carbocycles. The highest BCUT2D eigenvalue weighted by Crippen LogP contribution is 2.44. The van der Waals surface area contributed by atoms with E-state index in [0.717, 1.165) is 53.5 Å². The maximum Gasteiger partial charge on any atom is 0.490 e. The van der Waals surface area contributed by atoms with E-state index in [4.69, 9.17) is 25.1 Å². The van der Waals surface area contributed by atoms with E-state index < -0.39 is 42.1 Å². The molecule has 12 nitrogen and oxygen atoms in total. The number of amides is 3. The number of aryl methyl sites for hydroxylation is 1. The number of aliphatic carboxylic acids is 1. The Bertz CT molecular complexity index is 1780. The summed E-state index contributed by atoms with van der Waals surface area (Å²) in [7, 11) is 0. The fraction of sp³-hybridized carbons (Fsp3) is 0.425. The Hall–Kier alpha value is -5.44. The highest BCUT2D eigenvalue weighted by Gasteiger charge is 2.38. The molecule has 2 atom stereocenters. The third-order valence-electron chi connectivity index (χ3n) is 9.45. The predicted molar refractivity (Wildman–Crippen MR) is 198 cm³/mol. The van der Waals surface area contributed by atoms with Crippen molar-refractivity contribution in [2.45, 2.75) is 95.6 Å². The number of alkyl halides is 3. The predicted octanol–water partition coefficient (Wildman–Crippen LogP) is 6.07. The summed E-state index contributed by atoms with van der Waals surface area (Å²) in [6.45, 7) is 5.32. The van der Waals surface area contributed by atoms with E-state index >= 15 is 0 Å². The first-order valence-corrected chi connectivity index (χ1v) is 18.1. The Morgan fingerprint density at radius 2 is 1.36 bits per heavy atom. The van der Waals surface area contributed by atoms with Crippen molar-refractivity contribution >= 4 is 35.5 Å². The van der Waals surface area contributed by atoms with Crippen LogP contribution < -0.4 is 21.7 Å². The molecule has 296 valence electrons. The number of hydrogen-bond donors (Lipinski definition) is 5. The topological polar surface area (TPSA) is 186 Å². The molecule has 3 aromatic carbocycles. The molecule has 0 unspecified atom stereocenters. The van der Waals surface area contributed by atoms with Crippen molar-refractivity contribution < 1.29 is 51.7 Å². The summed E-state index contributed by atoms with van der Waals surface area (Å²) >= 11 is 0. The van der Waals surface area contributed by atoms with Crippen molar-refractivity contribution in [1.82, 2.24) is 10.6 Å². The Morgan fingerprint density at radius 3 is 1.93 bits per heavy atom. The lowest BCUT2D eigenvalue weighted by Gasteiger charge is -2.26. The van der Waals surface area contributed by atoms with Gasteiger partial charge in [-0.1, -0.05) is 80.6 Å². The van der Waals surface area contributed by atoms with Gasteiger partial charge in [0, 0.05) is 24.1 Å². The monoisotopic (exact) mass is 768 g/mol. The maximum atomic E-state index is 13.3. The fourth-order valence-corrected chi connectivity index (χ4v) is 6.46. The van der Waals surface area contributed by atoms with Gasteiger partial charge < -0.3 is 36.3 Å². The average molecular weight is 769 g/mol. The number of hydrogen-bond acceptors (Lipinski definition) is 8.